The zero-order valence-corrected chi connectivity index (χ0v) is 13.0. The normalized spacial score (nSPS) is 23.1. The summed E-state index contributed by atoms with van der Waals surface area (Å²) in [5.74, 6) is 0.612. The summed E-state index contributed by atoms with van der Waals surface area (Å²) in [5, 5.41) is 7.87. The molecule has 1 aliphatic heterocycles. The van der Waals surface area contributed by atoms with Crippen LogP contribution in [0.5, 0.6) is 0 Å². The summed E-state index contributed by atoms with van der Waals surface area (Å²) in [6.07, 6.45) is 1.03. The summed E-state index contributed by atoms with van der Waals surface area (Å²) in [6, 6.07) is 2.43. The van der Waals surface area contributed by atoms with Gasteiger partial charge < -0.3 is 10.2 Å². The number of hydrogen-bond acceptors (Lipinski definition) is 3. The lowest BCUT2D eigenvalue weighted by molar-refractivity contribution is 0.0634. The highest BCUT2D eigenvalue weighted by Gasteiger charge is 2.29. The van der Waals surface area contributed by atoms with Gasteiger partial charge in [0.2, 0.25) is 0 Å². The molecule has 0 radical (unpaired) electrons. The van der Waals surface area contributed by atoms with Gasteiger partial charge in [0, 0.05) is 25.7 Å². The maximum Gasteiger partial charge on any atom is 0.272 e. The van der Waals surface area contributed by atoms with Gasteiger partial charge in [-0.3, -0.25) is 9.48 Å². The Balaban J connectivity index is 2.07. The van der Waals surface area contributed by atoms with Gasteiger partial charge in [-0.05, 0) is 38.8 Å². The Hall–Kier alpha value is -1.36. The van der Waals surface area contributed by atoms with E-state index in [4.69, 9.17) is 0 Å². The van der Waals surface area contributed by atoms with Gasteiger partial charge in [-0.2, -0.15) is 5.10 Å². The van der Waals surface area contributed by atoms with Gasteiger partial charge in [0.15, 0.2) is 0 Å². The molecule has 20 heavy (non-hydrogen) atoms. The van der Waals surface area contributed by atoms with Crippen molar-refractivity contribution in [3.05, 3.63) is 17.5 Å². The number of nitrogens with one attached hydrogen (secondary N) is 1. The van der Waals surface area contributed by atoms with Gasteiger partial charge in [-0.1, -0.05) is 13.8 Å². The molecule has 0 aliphatic carbocycles. The number of rotatable bonds is 4. The van der Waals surface area contributed by atoms with E-state index in [2.05, 4.69) is 24.3 Å². The third-order valence-electron chi connectivity index (χ3n) is 4.08. The molecule has 1 N–H and O–H groups in total. The first-order chi connectivity index (χ1) is 9.56. The van der Waals surface area contributed by atoms with Crippen LogP contribution in [-0.2, 0) is 6.54 Å². The summed E-state index contributed by atoms with van der Waals surface area (Å²) < 4.78 is 1.80. The standard InChI is InChI=1S/C15H26N4O/c1-5-16-13-7-8-18(10-11(13)3)15(20)14-9-12(4)17-19(14)6-2/h9,11,13,16H,5-8,10H2,1-4H3. The van der Waals surface area contributed by atoms with Crippen molar-refractivity contribution in [3.63, 3.8) is 0 Å². The van der Waals surface area contributed by atoms with E-state index in [-0.39, 0.29) is 5.91 Å². The molecular weight excluding hydrogens is 252 g/mol. The van der Waals surface area contributed by atoms with Crippen LogP contribution in [0.1, 0.15) is 43.4 Å². The van der Waals surface area contributed by atoms with E-state index in [9.17, 15) is 4.79 Å². The van der Waals surface area contributed by atoms with Gasteiger partial charge >= 0.3 is 0 Å². The lowest BCUT2D eigenvalue weighted by atomic mass is 9.93. The Morgan fingerprint density at radius 3 is 2.85 bits per heavy atom. The summed E-state index contributed by atoms with van der Waals surface area (Å²) in [7, 11) is 0. The Labute approximate surface area is 121 Å². The van der Waals surface area contributed by atoms with Crippen molar-refractivity contribution in [1.82, 2.24) is 20.0 Å². The number of hydrogen-bond donors (Lipinski definition) is 1. The van der Waals surface area contributed by atoms with Gasteiger partial charge in [0.05, 0.1) is 5.69 Å². The van der Waals surface area contributed by atoms with E-state index < -0.39 is 0 Å². The van der Waals surface area contributed by atoms with Crippen LogP contribution in [0, 0.1) is 12.8 Å². The lowest BCUT2D eigenvalue weighted by Crippen LogP contribution is -2.50. The number of amides is 1. The van der Waals surface area contributed by atoms with E-state index >= 15 is 0 Å². The topological polar surface area (TPSA) is 50.2 Å². The highest BCUT2D eigenvalue weighted by atomic mass is 16.2. The molecule has 1 saturated heterocycles. The highest BCUT2D eigenvalue weighted by molar-refractivity contribution is 5.92. The molecule has 0 aromatic carbocycles. The molecule has 2 rings (SSSR count). The Morgan fingerprint density at radius 2 is 2.25 bits per heavy atom. The van der Waals surface area contributed by atoms with Crippen molar-refractivity contribution in [2.75, 3.05) is 19.6 Å². The van der Waals surface area contributed by atoms with Crippen LogP contribution in [0.25, 0.3) is 0 Å². The maximum absolute atomic E-state index is 12.6. The molecule has 0 saturated carbocycles. The first-order valence-corrected chi connectivity index (χ1v) is 7.63. The fraction of sp³-hybridized carbons (Fsp3) is 0.733. The zero-order valence-electron chi connectivity index (χ0n) is 13.0. The number of nitrogens with zero attached hydrogens (tertiary/aromatic N) is 3. The fourth-order valence-electron chi connectivity index (χ4n) is 3.02. The molecule has 1 aromatic heterocycles. The summed E-state index contributed by atoms with van der Waals surface area (Å²) >= 11 is 0. The van der Waals surface area contributed by atoms with Gasteiger partial charge in [-0.25, -0.2) is 0 Å². The van der Waals surface area contributed by atoms with Gasteiger partial charge in [0.25, 0.3) is 5.91 Å². The minimum absolute atomic E-state index is 0.120. The molecule has 1 fully saturated rings. The number of carbonyl (C=O) groups excluding carboxylic acids is 1. The van der Waals surface area contributed by atoms with Crippen LogP contribution in [0.3, 0.4) is 0 Å². The molecule has 2 heterocycles. The highest BCUT2D eigenvalue weighted by Crippen LogP contribution is 2.19. The monoisotopic (exact) mass is 278 g/mol. The number of carbonyl (C=O) groups is 1. The Kier molecular flexibility index (Phi) is 4.81. The average molecular weight is 278 g/mol. The van der Waals surface area contributed by atoms with Crippen LogP contribution in [-0.4, -0.2) is 46.3 Å². The van der Waals surface area contributed by atoms with Gasteiger partial charge in [-0.15, -0.1) is 0 Å². The third kappa shape index (κ3) is 3.03. The predicted molar refractivity (Wildman–Crippen MR) is 79.8 cm³/mol. The molecule has 0 spiro atoms. The van der Waals surface area contributed by atoms with E-state index in [0.29, 0.717) is 12.0 Å². The second-order valence-electron chi connectivity index (χ2n) is 5.67. The molecule has 2 atom stereocenters. The van der Waals surface area contributed by atoms with Crippen LogP contribution in [0.15, 0.2) is 6.07 Å². The average Bonchev–Trinajstić information content (AvgIpc) is 2.81. The molecule has 1 aromatic rings. The summed E-state index contributed by atoms with van der Waals surface area (Å²) in [6.45, 7) is 11.7. The van der Waals surface area contributed by atoms with Crippen LogP contribution >= 0.6 is 0 Å². The maximum atomic E-state index is 12.6. The largest absolute Gasteiger partial charge is 0.337 e. The quantitative estimate of drug-likeness (QED) is 0.911. The third-order valence-corrected chi connectivity index (χ3v) is 4.08. The Morgan fingerprint density at radius 1 is 1.50 bits per heavy atom. The number of likely N-dealkylation sites (tertiary alicyclic amines) is 1. The Bertz CT molecular complexity index is 468. The van der Waals surface area contributed by atoms with Crippen molar-refractivity contribution in [1.29, 1.82) is 0 Å². The first kappa shape index (κ1) is 15.0. The number of aryl methyl sites for hydroxylation is 2. The second-order valence-corrected chi connectivity index (χ2v) is 5.67. The van der Waals surface area contributed by atoms with Crippen LogP contribution in [0.4, 0.5) is 0 Å². The van der Waals surface area contributed by atoms with Crippen molar-refractivity contribution in [2.45, 2.75) is 46.7 Å². The lowest BCUT2D eigenvalue weighted by Gasteiger charge is -2.37. The predicted octanol–water partition coefficient (Wildman–Crippen LogP) is 1.67. The molecular formula is C15H26N4O. The van der Waals surface area contributed by atoms with Crippen molar-refractivity contribution >= 4 is 5.91 Å². The minimum Gasteiger partial charge on any atom is -0.337 e. The molecule has 1 amide bonds. The molecule has 1 aliphatic rings. The number of piperidine rings is 1. The summed E-state index contributed by atoms with van der Waals surface area (Å²) in [5.41, 5.74) is 1.63. The number of aromatic nitrogens is 2. The van der Waals surface area contributed by atoms with E-state index in [1.165, 1.54) is 0 Å². The molecule has 0 bridgehead atoms. The molecule has 5 heteroatoms. The minimum atomic E-state index is 0.120. The molecule has 5 nitrogen and oxygen atoms in total. The zero-order chi connectivity index (χ0) is 14.7. The summed E-state index contributed by atoms with van der Waals surface area (Å²) in [4.78, 5) is 14.6. The van der Waals surface area contributed by atoms with Crippen LogP contribution in [0.2, 0.25) is 0 Å². The SMILES string of the molecule is CCNC1CCN(C(=O)c2cc(C)nn2CC)CC1C. The van der Waals surface area contributed by atoms with Gasteiger partial charge in [0.1, 0.15) is 5.69 Å². The first-order valence-electron chi connectivity index (χ1n) is 7.63. The van der Waals surface area contributed by atoms with Crippen molar-refractivity contribution < 1.29 is 4.79 Å². The van der Waals surface area contributed by atoms with E-state index in [0.717, 1.165) is 44.0 Å². The van der Waals surface area contributed by atoms with E-state index in [1.54, 1.807) is 4.68 Å². The smallest absolute Gasteiger partial charge is 0.272 e. The van der Waals surface area contributed by atoms with Crippen molar-refractivity contribution in [3.8, 4) is 0 Å². The second kappa shape index (κ2) is 6.39. The fourth-order valence-corrected chi connectivity index (χ4v) is 3.02. The molecule has 2 unspecified atom stereocenters. The van der Waals surface area contributed by atoms with Crippen molar-refractivity contribution in [2.24, 2.45) is 5.92 Å². The van der Waals surface area contributed by atoms with Crippen LogP contribution < -0.4 is 5.32 Å². The van der Waals surface area contributed by atoms with E-state index in [1.807, 2.05) is 24.8 Å². The molecule has 112 valence electrons.